The van der Waals surface area contributed by atoms with Crippen LogP contribution in [0.1, 0.15) is 15.9 Å². The average Bonchev–Trinajstić information content (AvgIpc) is 2.50. The van der Waals surface area contributed by atoms with Crippen molar-refractivity contribution >= 4 is 23.7 Å². The molecule has 21 heavy (non-hydrogen) atoms. The number of ether oxygens (including phenoxy) is 1. The molecule has 0 aliphatic carbocycles. The second kappa shape index (κ2) is 6.71. The molecule has 0 aliphatic heterocycles. The monoisotopic (exact) mass is 305 g/mol. The number of nitrogens with one attached hydrogen (secondary N) is 1. The standard InChI is InChI=1S/C14H12ClN3O3/c1-21-13-5-10(11(15)6-12(13)19)8-17-18-14(20)9-3-2-4-16-7-9/h2-8,19H,1H3,(H,18,20). The number of phenols is 1. The number of carbonyl (C=O) groups excluding carboxylic acids is 1. The van der Waals surface area contributed by atoms with Crippen LogP contribution >= 0.6 is 11.6 Å². The normalized spacial score (nSPS) is 10.6. The van der Waals surface area contributed by atoms with Crippen LogP contribution < -0.4 is 10.2 Å². The van der Waals surface area contributed by atoms with E-state index < -0.39 is 0 Å². The third kappa shape index (κ3) is 3.70. The number of benzene rings is 1. The number of carbonyl (C=O) groups is 1. The molecule has 0 spiro atoms. The highest BCUT2D eigenvalue weighted by molar-refractivity contribution is 6.33. The molecule has 0 saturated heterocycles. The number of halogens is 1. The lowest BCUT2D eigenvalue weighted by molar-refractivity contribution is 0.0955. The minimum atomic E-state index is -0.388. The van der Waals surface area contributed by atoms with Gasteiger partial charge in [-0.15, -0.1) is 0 Å². The lowest BCUT2D eigenvalue weighted by Gasteiger charge is -2.05. The maximum atomic E-state index is 11.7. The molecule has 0 unspecified atom stereocenters. The Hall–Kier alpha value is -2.60. The van der Waals surface area contributed by atoms with E-state index in [1.54, 1.807) is 18.3 Å². The van der Waals surface area contributed by atoms with Crippen LogP contribution in [-0.4, -0.2) is 29.3 Å². The van der Waals surface area contributed by atoms with Gasteiger partial charge in [0.1, 0.15) is 0 Å². The first-order chi connectivity index (χ1) is 10.1. The van der Waals surface area contributed by atoms with E-state index in [-0.39, 0.29) is 22.4 Å². The van der Waals surface area contributed by atoms with Crippen LogP contribution in [0.2, 0.25) is 5.02 Å². The molecule has 1 aromatic carbocycles. The van der Waals surface area contributed by atoms with Gasteiger partial charge in [-0.3, -0.25) is 9.78 Å². The smallest absolute Gasteiger partial charge is 0.272 e. The number of nitrogens with zero attached hydrogens (tertiary/aromatic N) is 2. The Kier molecular flexibility index (Phi) is 4.73. The lowest BCUT2D eigenvalue weighted by Crippen LogP contribution is -2.17. The van der Waals surface area contributed by atoms with Gasteiger partial charge in [-0.1, -0.05) is 11.6 Å². The van der Waals surface area contributed by atoms with Crippen LogP contribution in [0.4, 0.5) is 0 Å². The van der Waals surface area contributed by atoms with E-state index in [1.807, 2.05) is 0 Å². The van der Waals surface area contributed by atoms with Gasteiger partial charge in [0.2, 0.25) is 0 Å². The largest absolute Gasteiger partial charge is 0.504 e. The van der Waals surface area contributed by atoms with Crippen LogP contribution in [-0.2, 0) is 0 Å². The van der Waals surface area contributed by atoms with Crippen molar-refractivity contribution in [1.82, 2.24) is 10.4 Å². The van der Waals surface area contributed by atoms with Gasteiger partial charge < -0.3 is 9.84 Å². The fourth-order valence-corrected chi connectivity index (χ4v) is 1.75. The first kappa shape index (κ1) is 14.8. The molecule has 0 radical (unpaired) electrons. The molecule has 2 aromatic rings. The predicted octanol–water partition coefficient (Wildman–Crippen LogP) is 2.21. The number of pyridine rings is 1. The minimum Gasteiger partial charge on any atom is -0.504 e. The summed E-state index contributed by atoms with van der Waals surface area (Å²) in [6, 6.07) is 6.12. The molecule has 2 N–H and O–H groups in total. The third-order valence-corrected chi connectivity index (χ3v) is 2.92. The molecule has 0 atom stereocenters. The number of hydrazone groups is 1. The topological polar surface area (TPSA) is 83.8 Å². The molecule has 0 fully saturated rings. The maximum Gasteiger partial charge on any atom is 0.272 e. The summed E-state index contributed by atoms with van der Waals surface area (Å²) < 4.78 is 4.97. The second-order valence-electron chi connectivity index (χ2n) is 3.99. The Bertz CT molecular complexity index is 675. The molecule has 0 saturated carbocycles. The minimum absolute atomic E-state index is 0.0703. The Labute approximate surface area is 126 Å². The van der Waals surface area contributed by atoms with Crippen molar-refractivity contribution in [3.63, 3.8) is 0 Å². The Morgan fingerprint density at radius 3 is 3.00 bits per heavy atom. The van der Waals surface area contributed by atoms with E-state index in [1.165, 1.54) is 31.7 Å². The van der Waals surface area contributed by atoms with Crippen molar-refractivity contribution in [2.24, 2.45) is 5.10 Å². The highest BCUT2D eigenvalue weighted by atomic mass is 35.5. The lowest BCUT2D eigenvalue weighted by atomic mass is 10.2. The quantitative estimate of drug-likeness (QED) is 0.670. The van der Waals surface area contributed by atoms with Crippen LogP contribution in [0.15, 0.2) is 41.8 Å². The molecule has 0 aliphatic rings. The van der Waals surface area contributed by atoms with E-state index in [4.69, 9.17) is 16.3 Å². The van der Waals surface area contributed by atoms with E-state index in [2.05, 4.69) is 15.5 Å². The van der Waals surface area contributed by atoms with E-state index in [9.17, 15) is 9.90 Å². The molecule has 7 heteroatoms. The average molecular weight is 306 g/mol. The summed E-state index contributed by atoms with van der Waals surface area (Å²) in [7, 11) is 1.42. The molecule has 1 heterocycles. The summed E-state index contributed by atoms with van der Waals surface area (Å²) in [6.45, 7) is 0. The van der Waals surface area contributed by atoms with Gasteiger partial charge in [0, 0.05) is 24.0 Å². The molecule has 1 amide bonds. The van der Waals surface area contributed by atoms with Gasteiger partial charge in [0.25, 0.3) is 5.91 Å². The highest BCUT2D eigenvalue weighted by Gasteiger charge is 2.07. The van der Waals surface area contributed by atoms with Crippen molar-refractivity contribution in [2.45, 2.75) is 0 Å². The van der Waals surface area contributed by atoms with Crippen LogP contribution in [0.25, 0.3) is 0 Å². The Morgan fingerprint density at radius 2 is 2.33 bits per heavy atom. The zero-order valence-electron chi connectivity index (χ0n) is 11.1. The van der Waals surface area contributed by atoms with Crippen molar-refractivity contribution in [2.75, 3.05) is 7.11 Å². The maximum absolute atomic E-state index is 11.7. The van der Waals surface area contributed by atoms with Gasteiger partial charge >= 0.3 is 0 Å². The van der Waals surface area contributed by atoms with Crippen LogP contribution in [0.5, 0.6) is 11.5 Å². The molecular formula is C14H12ClN3O3. The first-order valence-corrected chi connectivity index (χ1v) is 6.29. The fraction of sp³-hybridized carbons (Fsp3) is 0.0714. The highest BCUT2D eigenvalue weighted by Crippen LogP contribution is 2.31. The van der Waals surface area contributed by atoms with Gasteiger partial charge in [-0.25, -0.2) is 5.43 Å². The Morgan fingerprint density at radius 1 is 1.52 bits per heavy atom. The molecule has 1 aromatic heterocycles. The van der Waals surface area contributed by atoms with Crippen LogP contribution in [0, 0.1) is 0 Å². The summed E-state index contributed by atoms with van der Waals surface area (Å²) in [5.74, 6) is -0.195. The van der Waals surface area contributed by atoms with E-state index >= 15 is 0 Å². The number of hydrogen-bond acceptors (Lipinski definition) is 5. The van der Waals surface area contributed by atoms with Crippen molar-refractivity contribution in [1.29, 1.82) is 0 Å². The summed E-state index contributed by atoms with van der Waals surface area (Å²) in [5.41, 5.74) is 3.25. The Balaban J connectivity index is 2.10. The summed E-state index contributed by atoms with van der Waals surface area (Å²) in [5, 5.41) is 13.6. The number of hydrogen-bond donors (Lipinski definition) is 2. The first-order valence-electron chi connectivity index (χ1n) is 5.91. The molecule has 2 rings (SSSR count). The number of amides is 1. The number of phenolic OH excluding ortho intramolecular Hbond substituents is 1. The molecular weight excluding hydrogens is 294 g/mol. The van der Waals surface area contributed by atoms with Crippen LogP contribution in [0.3, 0.4) is 0 Å². The number of aromatic hydroxyl groups is 1. The van der Waals surface area contributed by atoms with Gasteiger partial charge in [0.15, 0.2) is 11.5 Å². The van der Waals surface area contributed by atoms with Gasteiger partial charge in [-0.2, -0.15) is 5.10 Å². The number of rotatable bonds is 4. The zero-order valence-corrected chi connectivity index (χ0v) is 11.8. The number of aromatic nitrogens is 1. The molecule has 0 bridgehead atoms. The number of methoxy groups -OCH3 is 1. The van der Waals surface area contributed by atoms with Gasteiger partial charge in [0.05, 0.1) is 23.9 Å². The predicted molar refractivity (Wildman–Crippen MR) is 79.0 cm³/mol. The summed E-state index contributed by atoms with van der Waals surface area (Å²) in [4.78, 5) is 15.6. The summed E-state index contributed by atoms with van der Waals surface area (Å²) >= 11 is 5.96. The van der Waals surface area contributed by atoms with Crippen molar-refractivity contribution in [3.05, 3.63) is 52.8 Å². The fourth-order valence-electron chi connectivity index (χ4n) is 1.54. The SMILES string of the molecule is COc1cc(C=NNC(=O)c2cccnc2)c(Cl)cc1O. The molecule has 6 nitrogen and oxygen atoms in total. The van der Waals surface area contributed by atoms with E-state index in [0.29, 0.717) is 11.1 Å². The van der Waals surface area contributed by atoms with E-state index in [0.717, 1.165) is 0 Å². The summed E-state index contributed by atoms with van der Waals surface area (Å²) in [6.07, 6.45) is 4.36. The third-order valence-electron chi connectivity index (χ3n) is 2.59. The van der Waals surface area contributed by atoms with Crippen molar-refractivity contribution in [3.8, 4) is 11.5 Å². The van der Waals surface area contributed by atoms with Crippen molar-refractivity contribution < 1.29 is 14.6 Å². The van der Waals surface area contributed by atoms with Gasteiger partial charge in [-0.05, 0) is 18.2 Å². The molecule has 108 valence electrons. The second-order valence-corrected chi connectivity index (χ2v) is 4.39. The zero-order chi connectivity index (χ0) is 15.2.